The van der Waals surface area contributed by atoms with Crippen molar-refractivity contribution in [3.8, 4) is 17.6 Å². The minimum atomic E-state index is 0.376. The van der Waals surface area contributed by atoms with Crippen LogP contribution in [0.1, 0.15) is 22.3 Å². The number of benzene rings is 2. The maximum absolute atomic E-state index is 8.95. The Morgan fingerprint density at radius 3 is 2.50 bits per heavy atom. The van der Waals surface area contributed by atoms with Crippen LogP contribution in [0.4, 0.5) is 0 Å². The molecule has 0 N–H and O–H groups in total. The van der Waals surface area contributed by atoms with E-state index in [0.717, 1.165) is 17.1 Å². The van der Waals surface area contributed by atoms with E-state index in [1.807, 2.05) is 18.2 Å². The van der Waals surface area contributed by atoms with Crippen molar-refractivity contribution in [3.63, 3.8) is 0 Å². The van der Waals surface area contributed by atoms with Crippen LogP contribution in [0.2, 0.25) is 0 Å². The monoisotopic (exact) mass is 267 g/mol. The van der Waals surface area contributed by atoms with Gasteiger partial charge in [0, 0.05) is 5.56 Å². The number of rotatable bonds is 4. The Kier molecular flexibility index (Phi) is 4.27. The van der Waals surface area contributed by atoms with Gasteiger partial charge in [0.25, 0.3) is 0 Å². The van der Waals surface area contributed by atoms with E-state index >= 15 is 0 Å². The molecule has 0 radical (unpaired) electrons. The molecule has 0 heterocycles. The third-order valence-corrected chi connectivity index (χ3v) is 3.28. The van der Waals surface area contributed by atoms with Gasteiger partial charge in [-0.3, -0.25) is 0 Å². The van der Waals surface area contributed by atoms with E-state index in [4.69, 9.17) is 14.7 Å². The average molecular weight is 267 g/mol. The van der Waals surface area contributed by atoms with Crippen LogP contribution >= 0.6 is 0 Å². The number of nitrogens with zero attached hydrogens (tertiary/aromatic N) is 1. The van der Waals surface area contributed by atoms with Gasteiger partial charge in [-0.1, -0.05) is 6.07 Å². The number of aryl methyl sites for hydroxylation is 2. The molecule has 0 aliphatic rings. The zero-order chi connectivity index (χ0) is 14.5. The summed E-state index contributed by atoms with van der Waals surface area (Å²) in [4.78, 5) is 0. The molecule has 20 heavy (non-hydrogen) atoms. The molecule has 0 bridgehead atoms. The molecule has 2 aromatic carbocycles. The van der Waals surface area contributed by atoms with Crippen LogP contribution in [-0.4, -0.2) is 7.11 Å². The molecule has 0 fully saturated rings. The van der Waals surface area contributed by atoms with Gasteiger partial charge >= 0.3 is 0 Å². The summed E-state index contributed by atoms with van der Waals surface area (Å²) in [5.41, 5.74) is 3.90. The molecule has 0 saturated carbocycles. The third kappa shape index (κ3) is 3.10. The first kappa shape index (κ1) is 14.0. The summed E-state index contributed by atoms with van der Waals surface area (Å²) in [6.07, 6.45) is 0. The van der Waals surface area contributed by atoms with Crippen LogP contribution in [0, 0.1) is 25.2 Å². The van der Waals surface area contributed by atoms with Gasteiger partial charge < -0.3 is 9.47 Å². The molecule has 0 saturated heterocycles. The van der Waals surface area contributed by atoms with Gasteiger partial charge in [0.15, 0.2) is 0 Å². The van der Waals surface area contributed by atoms with Crippen molar-refractivity contribution in [1.29, 1.82) is 5.26 Å². The zero-order valence-electron chi connectivity index (χ0n) is 11.9. The van der Waals surface area contributed by atoms with Crippen LogP contribution in [0.15, 0.2) is 36.4 Å². The van der Waals surface area contributed by atoms with Gasteiger partial charge in [-0.05, 0) is 55.3 Å². The summed E-state index contributed by atoms with van der Waals surface area (Å²) in [5, 5.41) is 8.95. The Bertz CT molecular complexity index is 657. The van der Waals surface area contributed by atoms with E-state index < -0.39 is 0 Å². The highest BCUT2D eigenvalue weighted by atomic mass is 16.5. The van der Waals surface area contributed by atoms with Crippen molar-refractivity contribution in [2.75, 3.05) is 7.11 Å². The Morgan fingerprint density at radius 2 is 1.85 bits per heavy atom. The summed E-state index contributed by atoms with van der Waals surface area (Å²) in [6.45, 7) is 4.50. The lowest BCUT2D eigenvalue weighted by Crippen LogP contribution is -2.00. The first-order chi connectivity index (χ1) is 9.63. The van der Waals surface area contributed by atoms with Crippen molar-refractivity contribution in [1.82, 2.24) is 0 Å². The fourth-order valence-electron chi connectivity index (χ4n) is 1.93. The van der Waals surface area contributed by atoms with Crippen molar-refractivity contribution in [2.45, 2.75) is 20.5 Å². The summed E-state index contributed by atoms with van der Waals surface area (Å²) in [7, 11) is 1.61. The highest BCUT2D eigenvalue weighted by Gasteiger charge is 2.06. The smallest absolute Gasteiger partial charge is 0.125 e. The van der Waals surface area contributed by atoms with Crippen LogP contribution in [0.5, 0.6) is 11.5 Å². The third-order valence-electron chi connectivity index (χ3n) is 3.28. The second kappa shape index (κ2) is 6.12. The van der Waals surface area contributed by atoms with Gasteiger partial charge in [-0.25, -0.2) is 0 Å². The summed E-state index contributed by atoms with van der Waals surface area (Å²) < 4.78 is 11.1. The van der Waals surface area contributed by atoms with Crippen LogP contribution in [0.25, 0.3) is 0 Å². The van der Waals surface area contributed by atoms with Crippen LogP contribution in [0.3, 0.4) is 0 Å². The molecule has 2 rings (SSSR count). The fraction of sp³-hybridized carbons (Fsp3) is 0.235. The van der Waals surface area contributed by atoms with Crippen LogP contribution in [-0.2, 0) is 6.61 Å². The van der Waals surface area contributed by atoms with Crippen molar-refractivity contribution in [2.24, 2.45) is 0 Å². The van der Waals surface area contributed by atoms with E-state index in [2.05, 4.69) is 19.9 Å². The van der Waals surface area contributed by atoms with Gasteiger partial charge in [-0.2, -0.15) is 5.26 Å². The van der Waals surface area contributed by atoms with Gasteiger partial charge in [0.05, 0.1) is 18.7 Å². The minimum absolute atomic E-state index is 0.376. The first-order valence-corrected chi connectivity index (χ1v) is 6.41. The Labute approximate surface area is 119 Å². The normalized spacial score (nSPS) is 9.90. The molecular formula is C17H17NO2. The molecule has 0 atom stereocenters. The lowest BCUT2D eigenvalue weighted by atomic mass is 10.1. The Hall–Kier alpha value is -2.47. The highest BCUT2D eigenvalue weighted by molar-refractivity contribution is 5.42. The van der Waals surface area contributed by atoms with Crippen molar-refractivity contribution in [3.05, 3.63) is 58.7 Å². The molecule has 3 heteroatoms. The van der Waals surface area contributed by atoms with Crippen LogP contribution < -0.4 is 9.47 Å². The standard InChI is InChI=1S/C17H17NO2/c1-12-4-6-16(8-13(12)2)20-11-15-9-14(10-18)5-7-17(15)19-3/h4-9H,11H2,1-3H3. The van der Waals surface area contributed by atoms with Crippen molar-refractivity contribution >= 4 is 0 Å². The SMILES string of the molecule is COc1ccc(C#N)cc1COc1ccc(C)c(C)c1. The number of nitriles is 1. The number of methoxy groups -OCH3 is 1. The van der Waals surface area contributed by atoms with Crippen molar-refractivity contribution < 1.29 is 9.47 Å². The van der Waals surface area contributed by atoms with Gasteiger partial charge in [-0.15, -0.1) is 0 Å². The summed E-state index contributed by atoms with van der Waals surface area (Å²) in [6, 6.07) is 13.4. The Balaban J connectivity index is 2.17. The van der Waals surface area contributed by atoms with E-state index in [0.29, 0.717) is 12.2 Å². The molecule has 0 unspecified atom stereocenters. The van der Waals surface area contributed by atoms with E-state index in [1.165, 1.54) is 11.1 Å². The molecule has 0 amide bonds. The average Bonchev–Trinajstić information content (AvgIpc) is 2.48. The maximum atomic E-state index is 8.95. The summed E-state index contributed by atoms with van der Waals surface area (Å²) >= 11 is 0. The molecule has 0 aromatic heterocycles. The first-order valence-electron chi connectivity index (χ1n) is 6.41. The molecule has 102 valence electrons. The van der Waals surface area contributed by atoms with E-state index in [1.54, 1.807) is 25.3 Å². The van der Waals surface area contributed by atoms with E-state index in [9.17, 15) is 0 Å². The second-order valence-corrected chi connectivity index (χ2v) is 4.67. The fourth-order valence-corrected chi connectivity index (χ4v) is 1.93. The zero-order valence-corrected chi connectivity index (χ0v) is 11.9. The highest BCUT2D eigenvalue weighted by Crippen LogP contribution is 2.23. The molecule has 2 aromatic rings. The quantitative estimate of drug-likeness (QED) is 0.847. The molecule has 3 nitrogen and oxygen atoms in total. The van der Waals surface area contributed by atoms with E-state index in [-0.39, 0.29) is 0 Å². The predicted octanol–water partition coefficient (Wildman–Crippen LogP) is 3.76. The number of hydrogen-bond acceptors (Lipinski definition) is 3. The lowest BCUT2D eigenvalue weighted by molar-refractivity contribution is 0.296. The summed E-state index contributed by atoms with van der Waals surface area (Å²) in [5.74, 6) is 1.55. The number of ether oxygens (including phenoxy) is 2. The molecule has 0 spiro atoms. The minimum Gasteiger partial charge on any atom is -0.496 e. The predicted molar refractivity (Wildman–Crippen MR) is 78.0 cm³/mol. The number of hydrogen-bond donors (Lipinski definition) is 0. The topological polar surface area (TPSA) is 42.2 Å². The maximum Gasteiger partial charge on any atom is 0.125 e. The molecule has 0 aliphatic carbocycles. The largest absolute Gasteiger partial charge is 0.496 e. The van der Waals surface area contributed by atoms with Gasteiger partial charge in [0.1, 0.15) is 18.1 Å². The Morgan fingerprint density at radius 1 is 1.05 bits per heavy atom. The molecular weight excluding hydrogens is 250 g/mol. The lowest BCUT2D eigenvalue weighted by Gasteiger charge is -2.11. The second-order valence-electron chi connectivity index (χ2n) is 4.67. The molecule has 0 aliphatic heterocycles. The van der Waals surface area contributed by atoms with Gasteiger partial charge in [0.2, 0.25) is 0 Å².